The zero-order chi connectivity index (χ0) is 29.3. The van der Waals surface area contributed by atoms with Crippen LogP contribution in [0, 0.1) is 0 Å². The zero-order valence-electron chi connectivity index (χ0n) is 21.2. The molecular formula is C27H22N8O6. The maximum absolute atomic E-state index is 13.1. The number of anilines is 4. The van der Waals surface area contributed by atoms with Crippen LogP contribution in [0.3, 0.4) is 0 Å². The van der Waals surface area contributed by atoms with Crippen molar-refractivity contribution < 1.29 is 19.5 Å². The van der Waals surface area contributed by atoms with Crippen LogP contribution in [0.4, 0.5) is 22.9 Å². The van der Waals surface area contributed by atoms with Crippen LogP contribution in [0.1, 0.15) is 42.5 Å². The number of benzene rings is 2. The maximum Gasteiger partial charge on any atom is 0.335 e. The van der Waals surface area contributed by atoms with E-state index in [1.807, 2.05) is 0 Å². The average Bonchev–Trinajstić information content (AvgIpc) is 3.36. The predicted molar refractivity (Wildman–Crippen MR) is 149 cm³/mol. The lowest BCUT2D eigenvalue weighted by atomic mass is 10.1. The van der Waals surface area contributed by atoms with Crippen molar-refractivity contribution in [2.45, 2.75) is 13.1 Å². The Hall–Kier alpha value is -6.05. The molecule has 0 aliphatic carbocycles. The summed E-state index contributed by atoms with van der Waals surface area (Å²) in [6, 6.07) is 15.5. The molecule has 2 aromatic heterocycles. The molecule has 5 rings (SSSR count). The van der Waals surface area contributed by atoms with Gasteiger partial charge in [0.1, 0.15) is 28.6 Å². The van der Waals surface area contributed by atoms with Gasteiger partial charge in [-0.2, -0.15) is 0 Å². The third kappa shape index (κ3) is 5.42. The Balaban J connectivity index is 1.30. The summed E-state index contributed by atoms with van der Waals surface area (Å²) in [6.45, 7) is 0.172. The topological polar surface area (TPSA) is 224 Å². The van der Waals surface area contributed by atoms with Gasteiger partial charge in [0.05, 0.1) is 5.56 Å². The van der Waals surface area contributed by atoms with Gasteiger partial charge in [-0.3, -0.25) is 19.2 Å². The summed E-state index contributed by atoms with van der Waals surface area (Å²) >= 11 is 0. The van der Waals surface area contributed by atoms with Crippen LogP contribution in [-0.2, 0) is 13.1 Å². The minimum Gasteiger partial charge on any atom is -0.478 e. The lowest BCUT2D eigenvalue weighted by Crippen LogP contribution is -2.36. The van der Waals surface area contributed by atoms with Crippen LogP contribution < -0.4 is 38.3 Å². The number of carbonyl (C=O) groups excluding carboxylic acids is 2. The number of carbonyl (C=O) groups is 3. The fourth-order valence-electron chi connectivity index (χ4n) is 4.02. The number of carboxylic acids is 1. The van der Waals surface area contributed by atoms with Crippen molar-refractivity contribution in [2.75, 3.05) is 16.8 Å². The van der Waals surface area contributed by atoms with E-state index < -0.39 is 28.6 Å². The van der Waals surface area contributed by atoms with E-state index >= 15 is 0 Å². The second kappa shape index (κ2) is 10.6. The van der Waals surface area contributed by atoms with Crippen molar-refractivity contribution in [2.24, 2.45) is 0 Å². The van der Waals surface area contributed by atoms with Gasteiger partial charge in [-0.25, -0.2) is 14.3 Å². The van der Waals surface area contributed by atoms with Crippen LogP contribution in [-0.4, -0.2) is 37.5 Å². The molecule has 14 heteroatoms. The molecule has 0 radical (unpaired) electrons. The number of carboxylic acid groups (broad SMARTS) is 1. The number of amides is 2. The summed E-state index contributed by atoms with van der Waals surface area (Å²) in [5.41, 5.74) is 11.9. The normalized spacial score (nSPS) is 10.9. The second-order valence-corrected chi connectivity index (χ2v) is 9.01. The number of hydrogen-bond donors (Lipinski definition) is 6. The molecule has 0 fully saturated rings. The Morgan fingerprint density at radius 2 is 1.56 bits per heavy atom. The molecule has 206 valence electrons. The van der Waals surface area contributed by atoms with Crippen LogP contribution in [0.5, 0.6) is 0 Å². The van der Waals surface area contributed by atoms with Gasteiger partial charge >= 0.3 is 5.97 Å². The molecule has 0 unspecified atom stereocenters. The molecule has 0 aliphatic rings. The largest absolute Gasteiger partial charge is 0.478 e. The average molecular weight is 555 g/mol. The molecule has 0 aliphatic heterocycles. The van der Waals surface area contributed by atoms with E-state index in [0.717, 1.165) is 0 Å². The van der Waals surface area contributed by atoms with Gasteiger partial charge in [0, 0.05) is 30.9 Å². The summed E-state index contributed by atoms with van der Waals surface area (Å²) < 4.78 is 1.22. The maximum atomic E-state index is 13.1. The van der Waals surface area contributed by atoms with Gasteiger partial charge < -0.3 is 32.5 Å². The number of hydrogen-bond acceptors (Lipinski definition) is 10. The molecule has 0 saturated heterocycles. The molecule has 0 spiro atoms. The first-order chi connectivity index (χ1) is 19.6. The molecule has 2 amide bonds. The standard InChI is InChI=1S/C27H22N8O6/c28-19-10-20-33-17(9-18(35(20)34-19)26(39)31-11-13-4-6-15(7-5-13)27(40)41)25(38)30-12-14-2-1-3-16(8-14)32-22-21(29)23(36)24(22)37/h1-10,32H,11-12,29H2,(H2,28,34)(H,30,38)(H,31,39)(H,40,41). The summed E-state index contributed by atoms with van der Waals surface area (Å²) in [5.74, 6) is -2.10. The van der Waals surface area contributed by atoms with Gasteiger partial charge in [-0.05, 0) is 35.4 Å². The number of fused-ring (bicyclic) bond motifs is 1. The van der Waals surface area contributed by atoms with Crippen LogP contribution in [0.25, 0.3) is 5.65 Å². The van der Waals surface area contributed by atoms with Gasteiger partial charge in [0.25, 0.3) is 22.7 Å². The third-order valence-electron chi connectivity index (χ3n) is 6.16. The predicted octanol–water partition coefficient (Wildman–Crippen LogP) is 0.792. The van der Waals surface area contributed by atoms with E-state index in [1.54, 1.807) is 36.4 Å². The molecule has 0 atom stereocenters. The molecule has 3 aromatic carbocycles. The quantitative estimate of drug-likeness (QED) is 0.140. The Morgan fingerprint density at radius 3 is 2.27 bits per heavy atom. The van der Waals surface area contributed by atoms with Crippen LogP contribution in [0.15, 0.2) is 70.3 Å². The van der Waals surface area contributed by atoms with Gasteiger partial charge in [0.15, 0.2) is 5.65 Å². The fraction of sp³-hybridized carbons (Fsp3) is 0.0741. The highest BCUT2D eigenvalue weighted by Crippen LogP contribution is 2.19. The van der Waals surface area contributed by atoms with E-state index in [2.05, 4.69) is 26.0 Å². The van der Waals surface area contributed by atoms with Crippen molar-refractivity contribution in [3.05, 3.63) is 109 Å². The van der Waals surface area contributed by atoms with Crippen molar-refractivity contribution >= 4 is 46.3 Å². The Bertz CT molecular complexity index is 1900. The lowest BCUT2D eigenvalue weighted by Gasteiger charge is -2.12. The third-order valence-corrected chi connectivity index (χ3v) is 6.16. The first-order valence-corrected chi connectivity index (χ1v) is 12.1. The number of nitrogen functional groups attached to an aromatic ring is 2. The van der Waals surface area contributed by atoms with Gasteiger partial charge in [0.2, 0.25) is 0 Å². The monoisotopic (exact) mass is 554 g/mol. The molecule has 2 heterocycles. The van der Waals surface area contributed by atoms with E-state index in [9.17, 15) is 24.0 Å². The SMILES string of the molecule is Nc1cc2nc(C(=O)NCc3cccc(Nc4c(N)c(=O)c4=O)c3)cc(C(=O)NCc3ccc(C(=O)O)cc3)n2n1. The number of nitrogens with one attached hydrogen (secondary N) is 3. The molecule has 0 saturated carbocycles. The molecule has 14 nitrogen and oxygen atoms in total. The van der Waals surface area contributed by atoms with Crippen molar-refractivity contribution in [3.8, 4) is 0 Å². The zero-order valence-corrected chi connectivity index (χ0v) is 21.2. The molecule has 41 heavy (non-hydrogen) atoms. The Morgan fingerprint density at radius 1 is 0.854 bits per heavy atom. The van der Waals surface area contributed by atoms with E-state index in [0.29, 0.717) is 16.8 Å². The highest BCUT2D eigenvalue weighted by atomic mass is 16.4. The smallest absolute Gasteiger partial charge is 0.335 e. The van der Waals surface area contributed by atoms with Crippen LogP contribution in [0.2, 0.25) is 0 Å². The van der Waals surface area contributed by atoms with E-state index in [4.69, 9.17) is 16.6 Å². The number of aromatic carboxylic acids is 1. The first-order valence-electron chi connectivity index (χ1n) is 12.1. The van der Waals surface area contributed by atoms with Crippen molar-refractivity contribution in [1.29, 1.82) is 0 Å². The molecule has 8 N–H and O–H groups in total. The summed E-state index contributed by atoms with van der Waals surface area (Å²) in [7, 11) is 0. The summed E-state index contributed by atoms with van der Waals surface area (Å²) in [5, 5.41) is 21.4. The summed E-state index contributed by atoms with van der Waals surface area (Å²) in [4.78, 5) is 64.4. The fourth-order valence-corrected chi connectivity index (χ4v) is 4.02. The van der Waals surface area contributed by atoms with Crippen LogP contribution >= 0.6 is 0 Å². The number of rotatable bonds is 9. The van der Waals surface area contributed by atoms with Gasteiger partial charge in [-0.15, -0.1) is 5.10 Å². The summed E-state index contributed by atoms with van der Waals surface area (Å²) in [6.07, 6.45) is 0. The minimum atomic E-state index is -1.06. The van der Waals surface area contributed by atoms with E-state index in [1.165, 1.54) is 28.8 Å². The number of nitrogens with zero attached hydrogens (tertiary/aromatic N) is 3. The highest BCUT2D eigenvalue weighted by molar-refractivity contribution is 5.98. The van der Waals surface area contributed by atoms with Crippen molar-refractivity contribution in [3.63, 3.8) is 0 Å². The Labute approximate surface area is 230 Å². The lowest BCUT2D eigenvalue weighted by molar-refractivity contribution is 0.0696. The number of aromatic nitrogens is 3. The number of nitrogens with two attached hydrogens (primary N) is 2. The van der Waals surface area contributed by atoms with Gasteiger partial charge in [-0.1, -0.05) is 24.3 Å². The highest BCUT2D eigenvalue weighted by Gasteiger charge is 2.20. The molecule has 0 bridgehead atoms. The molecular weight excluding hydrogens is 532 g/mol. The van der Waals surface area contributed by atoms with E-state index in [-0.39, 0.29) is 52.9 Å². The first kappa shape index (κ1) is 26.6. The van der Waals surface area contributed by atoms with Crippen molar-refractivity contribution in [1.82, 2.24) is 25.2 Å². The second-order valence-electron chi connectivity index (χ2n) is 9.01. The Kier molecular flexibility index (Phi) is 6.87. The minimum absolute atomic E-state index is 0.00998. The molecule has 5 aromatic rings.